The van der Waals surface area contributed by atoms with E-state index in [9.17, 15) is 35.5 Å². The van der Waals surface area contributed by atoms with Gasteiger partial charge in [0.2, 0.25) is 0 Å². The lowest BCUT2D eigenvalue weighted by atomic mass is 9.77. The van der Waals surface area contributed by atoms with Gasteiger partial charge in [-0.15, -0.1) is 0 Å². The topological polar surface area (TPSA) is 206 Å². The summed E-state index contributed by atoms with van der Waals surface area (Å²) in [4.78, 5) is 14.1. The highest BCUT2D eigenvalue weighted by molar-refractivity contribution is 5.73. The number of aliphatic hydroxyl groups is 5. The van der Waals surface area contributed by atoms with E-state index >= 15 is 0 Å². The fraction of sp³-hybridized carbons (Fsp3) is 0.972. The summed E-state index contributed by atoms with van der Waals surface area (Å²) in [6.45, 7) is 16.8. The van der Waals surface area contributed by atoms with Crippen molar-refractivity contribution < 1.29 is 73.3 Å². The summed E-state index contributed by atoms with van der Waals surface area (Å²) in [7, 11) is 3.00. The van der Waals surface area contributed by atoms with E-state index in [1.165, 1.54) is 21.1 Å². The number of esters is 1. The first kappa shape index (κ1) is 42.7. The van der Waals surface area contributed by atoms with Gasteiger partial charge in [0, 0.05) is 25.4 Å². The quantitative estimate of drug-likeness (QED) is 0.129. The van der Waals surface area contributed by atoms with Gasteiger partial charge in [-0.3, -0.25) is 4.79 Å². The van der Waals surface area contributed by atoms with Crippen LogP contribution in [0.3, 0.4) is 0 Å². The average molecular weight is 737 g/mol. The molecule has 15 heteroatoms. The van der Waals surface area contributed by atoms with E-state index in [2.05, 4.69) is 0 Å². The number of ether oxygens (including phenoxy) is 7. The van der Waals surface area contributed by atoms with Crippen LogP contribution in [0.1, 0.15) is 88.5 Å². The van der Waals surface area contributed by atoms with Crippen LogP contribution in [0.15, 0.2) is 0 Å². The Kier molecular flexibility index (Phi) is 13.1. The molecule has 4 heterocycles. The van der Waals surface area contributed by atoms with Crippen molar-refractivity contribution in [2.75, 3.05) is 20.7 Å². The summed E-state index contributed by atoms with van der Waals surface area (Å²) in [6.07, 6.45) is -10.7. The van der Waals surface area contributed by atoms with Gasteiger partial charge in [-0.05, 0) is 61.3 Å². The zero-order valence-electron chi connectivity index (χ0n) is 32.5. The number of hydrogen-bond donors (Lipinski definition) is 6. The monoisotopic (exact) mass is 736 g/mol. The van der Waals surface area contributed by atoms with Gasteiger partial charge in [-0.1, -0.05) is 20.8 Å². The van der Waals surface area contributed by atoms with Crippen LogP contribution in [0.5, 0.6) is 0 Å². The number of epoxide rings is 1. The minimum absolute atomic E-state index is 0.0708. The number of likely N-dealkylation sites (N-methyl/N-ethyl adjacent to an activating group) is 1. The molecule has 4 aliphatic rings. The van der Waals surface area contributed by atoms with Crippen molar-refractivity contribution in [3.8, 4) is 0 Å². The predicted octanol–water partition coefficient (Wildman–Crippen LogP) is 1.25. The summed E-state index contributed by atoms with van der Waals surface area (Å²) < 4.78 is 41.9. The summed E-state index contributed by atoms with van der Waals surface area (Å²) in [5, 5.41) is 69.2. The van der Waals surface area contributed by atoms with Crippen LogP contribution in [-0.2, 0) is 38.0 Å². The van der Waals surface area contributed by atoms with Crippen molar-refractivity contribution in [1.29, 1.82) is 0 Å². The minimum Gasteiger partial charge on any atom is -0.459 e. The van der Waals surface area contributed by atoms with Gasteiger partial charge < -0.3 is 58.7 Å². The number of fused-ring (bicyclic) bond motifs is 1. The maximum absolute atomic E-state index is 14.1. The Labute approximate surface area is 302 Å². The second-order valence-corrected chi connectivity index (χ2v) is 16.8. The predicted molar refractivity (Wildman–Crippen MR) is 181 cm³/mol. The molecule has 0 saturated carbocycles. The van der Waals surface area contributed by atoms with Crippen LogP contribution in [0.25, 0.3) is 0 Å². The van der Waals surface area contributed by atoms with Gasteiger partial charge in [-0.2, -0.15) is 4.65 Å². The average Bonchev–Trinajstić information content (AvgIpc) is 3.85. The molecular formula is C36H66NO14+. The number of rotatable bonds is 6. The van der Waals surface area contributed by atoms with Crippen molar-refractivity contribution in [1.82, 2.24) is 0 Å². The number of methoxy groups -OCH3 is 1. The molecule has 0 aromatic carbocycles. The van der Waals surface area contributed by atoms with E-state index in [0.717, 1.165) is 0 Å². The number of nitrogens with zero attached hydrogens (tertiary/aromatic N) is 1. The van der Waals surface area contributed by atoms with E-state index < -0.39 is 107 Å². The molecule has 298 valence electrons. The fourth-order valence-corrected chi connectivity index (χ4v) is 8.71. The van der Waals surface area contributed by atoms with E-state index in [0.29, 0.717) is 0 Å². The van der Waals surface area contributed by atoms with Crippen LogP contribution in [-0.4, -0.2) is 159 Å². The van der Waals surface area contributed by atoms with Gasteiger partial charge in [-0.25, -0.2) is 5.21 Å². The normalized spacial score (nSPS) is 54.8. The van der Waals surface area contributed by atoms with E-state index in [1.54, 1.807) is 48.5 Å². The molecule has 20 atom stereocenters. The maximum Gasteiger partial charge on any atom is 0.311 e. The lowest BCUT2D eigenvalue weighted by molar-refractivity contribution is -1.11. The summed E-state index contributed by atoms with van der Waals surface area (Å²) in [6, 6.07) is -0.931. The first-order chi connectivity index (χ1) is 23.4. The highest BCUT2D eigenvalue weighted by atomic mass is 16.7. The zero-order chi connectivity index (χ0) is 38.6. The van der Waals surface area contributed by atoms with Crippen LogP contribution in [0.2, 0.25) is 0 Å². The summed E-state index contributed by atoms with van der Waals surface area (Å²) in [5.74, 6) is -3.01. The lowest BCUT2D eigenvalue weighted by Crippen LogP contribution is -2.64. The molecule has 0 aliphatic carbocycles. The standard InChI is InChI=1S/C36H66NO14/c1-13-23-36(10,43)29(39)20(5)37(11,44)16-17(2)14-34(8,42)31(51-33-25(38)28-27(50-28)21(6)47-33)18(3)26(19(4)32(41)48-23)49-24-15-35(9,45-12)30(40)22(7)46-24/h17-31,33,38-40,42-44H,13-16H2,1-12H3/q+1/t17-,18+,19-,20-,21-,22+,23-,24+,25-,26+,27-,28+,29-,30+,31-,33+,34-,35-,36-,37?/m1/s1. The Hall–Kier alpha value is -1.05. The van der Waals surface area contributed by atoms with Crippen molar-refractivity contribution in [2.24, 2.45) is 17.8 Å². The van der Waals surface area contributed by atoms with E-state index in [-0.39, 0.29) is 43.9 Å². The first-order valence-corrected chi connectivity index (χ1v) is 18.5. The van der Waals surface area contributed by atoms with Crippen LogP contribution < -0.4 is 0 Å². The van der Waals surface area contributed by atoms with Crippen LogP contribution >= 0.6 is 0 Å². The fourth-order valence-electron chi connectivity index (χ4n) is 8.71. The molecule has 4 aliphatic heterocycles. The molecule has 4 saturated heterocycles. The van der Waals surface area contributed by atoms with Crippen molar-refractivity contribution in [3.05, 3.63) is 0 Å². The smallest absolute Gasteiger partial charge is 0.311 e. The summed E-state index contributed by atoms with van der Waals surface area (Å²) >= 11 is 0. The van der Waals surface area contributed by atoms with Gasteiger partial charge in [0.05, 0.1) is 48.6 Å². The molecule has 0 radical (unpaired) electrons. The Morgan fingerprint density at radius 3 is 2.10 bits per heavy atom. The molecule has 51 heavy (non-hydrogen) atoms. The number of quaternary nitrogens is 1. The third-order valence-electron chi connectivity index (χ3n) is 12.2. The molecule has 0 aromatic heterocycles. The number of carbonyl (C=O) groups is 1. The van der Waals surface area contributed by atoms with Gasteiger partial charge in [0.25, 0.3) is 0 Å². The maximum atomic E-state index is 14.1. The number of cyclic esters (lactones) is 1. The molecule has 0 amide bonds. The Morgan fingerprint density at radius 1 is 0.882 bits per heavy atom. The third kappa shape index (κ3) is 8.77. The number of carbonyl (C=O) groups excluding carboxylic acids is 1. The number of hydrogen-bond acceptors (Lipinski definition) is 14. The van der Waals surface area contributed by atoms with Gasteiger partial charge in [0.1, 0.15) is 54.8 Å². The highest BCUT2D eigenvalue weighted by Gasteiger charge is 2.59. The molecule has 4 rings (SSSR count). The summed E-state index contributed by atoms with van der Waals surface area (Å²) in [5.41, 5.74) is -4.67. The van der Waals surface area contributed by atoms with Gasteiger partial charge in [0.15, 0.2) is 12.6 Å². The van der Waals surface area contributed by atoms with Crippen molar-refractivity contribution >= 4 is 5.97 Å². The van der Waals surface area contributed by atoms with E-state index in [1.807, 2.05) is 13.8 Å². The largest absolute Gasteiger partial charge is 0.459 e. The molecule has 15 nitrogen and oxygen atoms in total. The molecule has 1 unspecified atom stereocenters. The Balaban J connectivity index is 1.81. The molecule has 6 N–H and O–H groups in total. The second-order valence-electron chi connectivity index (χ2n) is 16.8. The SMILES string of the molecule is CC[C@H]1OC(=O)[C@H](C)[C@@H](O[C@H]2C[C@@](C)(OC)[C@@H](O)[C@H](C)O2)[C@H](C)[C@@H](O[C@@H]2O[C@H](C)[C@H]3O[C@H]3[C@H]2O)[C@](C)(O)C[C@@H](C)C[N+](C)(O)[C@H](C)[C@@H](O)[C@]1(C)O. The van der Waals surface area contributed by atoms with Crippen molar-refractivity contribution in [2.45, 2.75) is 185 Å². The number of aliphatic hydroxyl groups excluding tert-OH is 3. The van der Waals surface area contributed by atoms with Crippen molar-refractivity contribution in [3.63, 3.8) is 0 Å². The molecule has 0 aromatic rings. The Morgan fingerprint density at radius 2 is 1.51 bits per heavy atom. The zero-order valence-corrected chi connectivity index (χ0v) is 32.5. The second kappa shape index (κ2) is 15.6. The van der Waals surface area contributed by atoms with Gasteiger partial charge >= 0.3 is 5.97 Å². The van der Waals surface area contributed by atoms with E-state index in [4.69, 9.17) is 33.2 Å². The molecular weight excluding hydrogens is 670 g/mol. The van der Waals surface area contributed by atoms with Crippen LogP contribution in [0, 0.1) is 17.8 Å². The lowest BCUT2D eigenvalue weighted by Gasteiger charge is -2.48. The Bertz CT molecular complexity index is 1190. The first-order valence-electron chi connectivity index (χ1n) is 18.5. The molecule has 0 bridgehead atoms. The highest BCUT2D eigenvalue weighted by Crippen LogP contribution is 2.42. The number of hydroxylamine groups is 3. The molecule has 4 fully saturated rings. The third-order valence-corrected chi connectivity index (χ3v) is 12.2. The molecule has 0 spiro atoms. The van der Waals surface area contributed by atoms with Crippen LogP contribution in [0.4, 0.5) is 0 Å². The minimum atomic E-state index is -1.96.